The Morgan fingerprint density at radius 1 is 1.50 bits per heavy atom. The first-order valence-corrected chi connectivity index (χ1v) is 7.82. The van der Waals surface area contributed by atoms with Crippen molar-refractivity contribution in [2.45, 2.75) is 12.8 Å². The van der Waals surface area contributed by atoms with E-state index in [1.54, 1.807) is 0 Å². The molecule has 2 rings (SSSR count). The lowest BCUT2D eigenvalue weighted by molar-refractivity contribution is -0.142. The molecule has 0 radical (unpaired) electrons. The Bertz CT molecular complexity index is 590. The van der Waals surface area contributed by atoms with E-state index >= 15 is 0 Å². The van der Waals surface area contributed by atoms with Gasteiger partial charge in [0.1, 0.15) is 5.82 Å². The van der Waals surface area contributed by atoms with E-state index in [9.17, 15) is 13.2 Å². The molecule has 1 atom stereocenters. The molecule has 1 saturated heterocycles. The van der Waals surface area contributed by atoms with Crippen LogP contribution in [0, 0.1) is 5.92 Å². The molecule has 0 spiro atoms. The zero-order valence-electron chi connectivity index (χ0n) is 10.5. The Morgan fingerprint density at radius 2 is 2.25 bits per heavy atom. The number of carboxylic acid groups (broad SMARTS) is 1. The normalized spacial score (nSPS) is 20.6. The first kappa shape index (κ1) is 15.0. The van der Waals surface area contributed by atoms with Crippen molar-refractivity contribution in [1.29, 1.82) is 0 Å². The molecule has 0 bridgehead atoms. The Labute approximate surface area is 121 Å². The van der Waals surface area contributed by atoms with Crippen molar-refractivity contribution in [3.8, 4) is 0 Å². The minimum atomic E-state index is -3.80. The van der Waals surface area contributed by atoms with E-state index in [2.05, 4.69) is 9.71 Å². The average molecular weight is 320 g/mol. The van der Waals surface area contributed by atoms with Crippen LogP contribution >= 0.6 is 11.6 Å². The van der Waals surface area contributed by atoms with E-state index in [0.717, 1.165) is 4.31 Å². The highest BCUT2D eigenvalue weighted by molar-refractivity contribution is 7.90. The van der Waals surface area contributed by atoms with Crippen molar-refractivity contribution in [3.05, 3.63) is 23.4 Å². The van der Waals surface area contributed by atoms with E-state index < -0.39 is 22.1 Å². The topological polar surface area (TPSA) is 99.6 Å². The van der Waals surface area contributed by atoms with Crippen molar-refractivity contribution in [2.24, 2.45) is 5.92 Å². The van der Waals surface area contributed by atoms with E-state index in [1.165, 1.54) is 18.3 Å². The molecule has 1 aliphatic rings. The molecular weight excluding hydrogens is 306 g/mol. The monoisotopic (exact) mass is 319 g/mol. The number of aliphatic carboxylic acids is 1. The average Bonchev–Trinajstić information content (AvgIpc) is 2.41. The summed E-state index contributed by atoms with van der Waals surface area (Å²) in [5.74, 6) is -1.50. The van der Waals surface area contributed by atoms with Crippen LogP contribution in [0.5, 0.6) is 0 Å². The number of pyridine rings is 1. The molecule has 1 unspecified atom stereocenters. The molecule has 2 N–H and O–H groups in total. The molecular formula is C11H14ClN3O4S. The van der Waals surface area contributed by atoms with Gasteiger partial charge in [-0.1, -0.05) is 11.6 Å². The number of nitrogens with zero attached hydrogens (tertiary/aromatic N) is 2. The van der Waals surface area contributed by atoms with Gasteiger partial charge in [0.2, 0.25) is 0 Å². The molecule has 20 heavy (non-hydrogen) atoms. The molecule has 110 valence electrons. The van der Waals surface area contributed by atoms with E-state index in [0.29, 0.717) is 24.4 Å². The fraction of sp³-hybridized carbons (Fsp3) is 0.455. The van der Waals surface area contributed by atoms with Gasteiger partial charge in [0.15, 0.2) is 0 Å². The lowest BCUT2D eigenvalue weighted by Crippen LogP contribution is -2.44. The molecule has 1 aliphatic heterocycles. The van der Waals surface area contributed by atoms with E-state index in [4.69, 9.17) is 16.7 Å². The number of anilines is 1. The van der Waals surface area contributed by atoms with Gasteiger partial charge in [0.25, 0.3) is 0 Å². The Kier molecular flexibility index (Phi) is 4.46. The van der Waals surface area contributed by atoms with Gasteiger partial charge in [-0.25, -0.2) is 4.98 Å². The lowest BCUT2D eigenvalue weighted by atomic mass is 10.0. The van der Waals surface area contributed by atoms with Crippen molar-refractivity contribution >= 4 is 33.6 Å². The molecule has 0 aliphatic carbocycles. The molecule has 0 amide bonds. The number of aromatic nitrogens is 1. The van der Waals surface area contributed by atoms with E-state index in [1.807, 2.05) is 0 Å². The summed E-state index contributed by atoms with van der Waals surface area (Å²) in [6.45, 7) is 0.269. The maximum absolute atomic E-state index is 12.2. The number of piperidine rings is 1. The summed E-state index contributed by atoms with van der Waals surface area (Å²) < 4.78 is 27.8. The first-order chi connectivity index (χ1) is 9.38. The van der Waals surface area contributed by atoms with Crippen LogP contribution in [0.1, 0.15) is 12.8 Å². The van der Waals surface area contributed by atoms with Gasteiger partial charge < -0.3 is 5.11 Å². The molecule has 9 heteroatoms. The van der Waals surface area contributed by atoms with Gasteiger partial charge in [0, 0.05) is 19.3 Å². The minimum absolute atomic E-state index is 0.0295. The van der Waals surface area contributed by atoms with Crippen LogP contribution in [0.2, 0.25) is 5.02 Å². The van der Waals surface area contributed by atoms with Gasteiger partial charge in [0.05, 0.1) is 10.9 Å². The highest BCUT2D eigenvalue weighted by Crippen LogP contribution is 2.20. The molecule has 7 nitrogen and oxygen atoms in total. The standard InChI is InChI=1S/C11H14ClN3O4S/c12-9-3-4-10(13-6-9)14-20(18,19)15-5-1-2-8(7-15)11(16)17/h3-4,6,8H,1-2,5,7H2,(H,13,14)(H,16,17). The highest BCUT2D eigenvalue weighted by atomic mass is 35.5. The number of rotatable bonds is 4. The zero-order valence-corrected chi connectivity index (χ0v) is 12.1. The van der Waals surface area contributed by atoms with Gasteiger partial charge in [-0.05, 0) is 25.0 Å². The van der Waals surface area contributed by atoms with Crippen LogP contribution in [-0.4, -0.2) is 41.9 Å². The molecule has 1 aromatic heterocycles. The third-order valence-corrected chi connectivity index (χ3v) is 4.74. The second kappa shape index (κ2) is 5.94. The van der Waals surface area contributed by atoms with Crippen molar-refractivity contribution in [1.82, 2.24) is 9.29 Å². The van der Waals surface area contributed by atoms with Crippen molar-refractivity contribution in [3.63, 3.8) is 0 Å². The van der Waals surface area contributed by atoms with E-state index in [-0.39, 0.29) is 12.4 Å². The third kappa shape index (κ3) is 3.59. The molecule has 0 aromatic carbocycles. The number of hydrogen-bond donors (Lipinski definition) is 2. The quantitative estimate of drug-likeness (QED) is 0.868. The summed E-state index contributed by atoms with van der Waals surface area (Å²) in [5.41, 5.74) is 0. The predicted molar refractivity (Wildman–Crippen MR) is 73.7 cm³/mol. The summed E-state index contributed by atoms with van der Waals surface area (Å²) in [5, 5.41) is 9.37. The first-order valence-electron chi connectivity index (χ1n) is 6.01. The zero-order chi connectivity index (χ0) is 14.8. The number of halogens is 1. The highest BCUT2D eigenvalue weighted by Gasteiger charge is 2.32. The van der Waals surface area contributed by atoms with Crippen molar-refractivity contribution < 1.29 is 18.3 Å². The summed E-state index contributed by atoms with van der Waals surface area (Å²) in [7, 11) is -3.80. The second-order valence-electron chi connectivity index (χ2n) is 4.50. The predicted octanol–water partition coefficient (Wildman–Crippen LogP) is 1.19. The Balaban J connectivity index is 2.09. The molecule has 1 aromatic rings. The maximum Gasteiger partial charge on any atom is 0.307 e. The van der Waals surface area contributed by atoms with Crippen LogP contribution in [0.25, 0.3) is 0 Å². The fourth-order valence-electron chi connectivity index (χ4n) is 2.00. The maximum atomic E-state index is 12.2. The summed E-state index contributed by atoms with van der Waals surface area (Å²) in [4.78, 5) is 14.8. The van der Waals surface area contributed by atoms with Crippen LogP contribution in [0.15, 0.2) is 18.3 Å². The van der Waals surface area contributed by atoms with Crippen LogP contribution in [0.3, 0.4) is 0 Å². The number of carbonyl (C=O) groups is 1. The van der Waals surface area contributed by atoms with Gasteiger partial charge >= 0.3 is 16.2 Å². The van der Waals surface area contributed by atoms with Crippen LogP contribution < -0.4 is 4.72 Å². The second-order valence-corrected chi connectivity index (χ2v) is 6.61. The Hall–Kier alpha value is -1.38. The number of hydrogen-bond acceptors (Lipinski definition) is 4. The summed E-state index contributed by atoms with van der Waals surface area (Å²) in [6, 6.07) is 2.96. The van der Waals surface area contributed by atoms with Crippen LogP contribution in [-0.2, 0) is 15.0 Å². The largest absolute Gasteiger partial charge is 0.481 e. The van der Waals surface area contributed by atoms with Crippen LogP contribution in [0.4, 0.5) is 5.82 Å². The molecule has 2 heterocycles. The fourth-order valence-corrected chi connectivity index (χ4v) is 3.37. The van der Waals surface area contributed by atoms with Gasteiger partial charge in [-0.3, -0.25) is 9.52 Å². The Morgan fingerprint density at radius 3 is 2.85 bits per heavy atom. The third-order valence-electron chi connectivity index (χ3n) is 3.03. The minimum Gasteiger partial charge on any atom is -0.481 e. The SMILES string of the molecule is O=C(O)C1CCCN(S(=O)(=O)Nc2ccc(Cl)cn2)C1. The van der Waals surface area contributed by atoms with Gasteiger partial charge in [-0.15, -0.1) is 0 Å². The summed E-state index contributed by atoms with van der Waals surface area (Å²) in [6.07, 6.45) is 2.34. The number of carboxylic acids is 1. The number of nitrogens with one attached hydrogen (secondary N) is 1. The summed E-state index contributed by atoms with van der Waals surface area (Å²) >= 11 is 5.67. The lowest BCUT2D eigenvalue weighted by Gasteiger charge is -2.29. The van der Waals surface area contributed by atoms with Gasteiger partial charge in [-0.2, -0.15) is 12.7 Å². The molecule has 0 saturated carbocycles. The molecule has 1 fully saturated rings. The van der Waals surface area contributed by atoms with Crippen molar-refractivity contribution in [2.75, 3.05) is 17.8 Å². The smallest absolute Gasteiger partial charge is 0.307 e.